The number of anilines is 3. The van der Waals surface area contributed by atoms with Crippen LogP contribution in [0.2, 0.25) is 5.02 Å². The Morgan fingerprint density at radius 2 is 1.95 bits per heavy atom. The Labute approximate surface area is 132 Å². The molecule has 0 amide bonds. The van der Waals surface area contributed by atoms with Crippen molar-refractivity contribution in [2.75, 3.05) is 17.7 Å². The van der Waals surface area contributed by atoms with Gasteiger partial charge in [-0.25, -0.2) is 4.98 Å². The standard InChI is InChI=1S/C15H15ClN4S/c1-3-11-8-12-13(18-10-6-4-9(16)5-7-10)19-15(17-2)20-14(12)21-11/h4-8H,3H2,1-2H3,(H2,17,18,19,20). The molecule has 1 aromatic carbocycles. The molecule has 4 nitrogen and oxygen atoms in total. The molecule has 2 N–H and O–H groups in total. The zero-order valence-electron chi connectivity index (χ0n) is 11.8. The van der Waals surface area contributed by atoms with Crippen molar-refractivity contribution in [3.8, 4) is 0 Å². The highest BCUT2D eigenvalue weighted by Crippen LogP contribution is 2.32. The zero-order chi connectivity index (χ0) is 14.8. The summed E-state index contributed by atoms with van der Waals surface area (Å²) in [6.45, 7) is 2.14. The second-order valence-corrected chi connectivity index (χ2v) is 6.11. The van der Waals surface area contributed by atoms with Gasteiger partial charge in [0.25, 0.3) is 0 Å². The van der Waals surface area contributed by atoms with E-state index in [1.165, 1.54) is 4.88 Å². The van der Waals surface area contributed by atoms with Gasteiger partial charge in [0.2, 0.25) is 5.95 Å². The predicted octanol–water partition coefficient (Wildman–Crippen LogP) is 4.69. The van der Waals surface area contributed by atoms with E-state index in [0.717, 1.165) is 28.1 Å². The molecule has 0 saturated heterocycles. The molecule has 21 heavy (non-hydrogen) atoms. The molecule has 0 unspecified atom stereocenters. The van der Waals surface area contributed by atoms with Crippen LogP contribution in [0, 0.1) is 0 Å². The van der Waals surface area contributed by atoms with E-state index in [4.69, 9.17) is 11.6 Å². The predicted molar refractivity (Wildman–Crippen MR) is 91.1 cm³/mol. The maximum Gasteiger partial charge on any atom is 0.225 e. The normalized spacial score (nSPS) is 10.8. The van der Waals surface area contributed by atoms with Crippen LogP contribution in [0.25, 0.3) is 10.2 Å². The lowest BCUT2D eigenvalue weighted by molar-refractivity contribution is 1.19. The van der Waals surface area contributed by atoms with Crippen LogP contribution < -0.4 is 10.6 Å². The van der Waals surface area contributed by atoms with Gasteiger partial charge in [-0.2, -0.15) is 4.98 Å². The van der Waals surface area contributed by atoms with E-state index in [9.17, 15) is 0 Å². The first kappa shape index (κ1) is 14.1. The summed E-state index contributed by atoms with van der Waals surface area (Å²) in [7, 11) is 1.82. The van der Waals surface area contributed by atoms with Crippen LogP contribution in [0.1, 0.15) is 11.8 Å². The fourth-order valence-electron chi connectivity index (χ4n) is 2.02. The van der Waals surface area contributed by atoms with Gasteiger partial charge in [-0.05, 0) is 36.8 Å². The maximum absolute atomic E-state index is 5.92. The monoisotopic (exact) mass is 318 g/mol. The van der Waals surface area contributed by atoms with E-state index in [-0.39, 0.29) is 0 Å². The van der Waals surface area contributed by atoms with E-state index in [1.54, 1.807) is 11.3 Å². The van der Waals surface area contributed by atoms with Crippen LogP contribution in [0.4, 0.5) is 17.5 Å². The number of halogens is 1. The quantitative estimate of drug-likeness (QED) is 0.732. The van der Waals surface area contributed by atoms with Gasteiger partial charge in [-0.3, -0.25) is 0 Å². The summed E-state index contributed by atoms with van der Waals surface area (Å²) in [6.07, 6.45) is 0.996. The van der Waals surface area contributed by atoms with Crippen LogP contribution in [-0.2, 0) is 6.42 Å². The Hall–Kier alpha value is -1.85. The zero-order valence-corrected chi connectivity index (χ0v) is 13.3. The molecular weight excluding hydrogens is 304 g/mol. The van der Waals surface area contributed by atoms with Gasteiger partial charge < -0.3 is 10.6 Å². The van der Waals surface area contributed by atoms with Gasteiger partial charge in [-0.1, -0.05) is 18.5 Å². The number of nitrogens with one attached hydrogen (secondary N) is 2. The number of thiophene rings is 1. The van der Waals surface area contributed by atoms with Gasteiger partial charge in [0.05, 0.1) is 5.39 Å². The number of benzene rings is 1. The Balaban J connectivity index is 2.06. The summed E-state index contributed by atoms with van der Waals surface area (Å²) in [6, 6.07) is 9.72. The van der Waals surface area contributed by atoms with E-state index >= 15 is 0 Å². The fraction of sp³-hybridized carbons (Fsp3) is 0.200. The topological polar surface area (TPSA) is 49.8 Å². The minimum Gasteiger partial charge on any atom is -0.357 e. The molecule has 3 rings (SSSR count). The van der Waals surface area contributed by atoms with E-state index in [2.05, 4.69) is 33.6 Å². The van der Waals surface area contributed by atoms with Crippen molar-refractivity contribution < 1.29 is 0 Å². The number of hydrogen-bond acceptors (Lipinski definition) is 5. The van der Waals surface area contributed by atoms with E-state index in [1.807, 2.05) is 31.3 Å². The average molecular weight is 319 g/mol. The Morgan fingerprint density at radius 3 is 2.62 bits per heavy atom. The van der Waals surface area contributed by atoms with Gasteiger partial charge in [0.1, 0.15) is 10.6 Å². The molecule has 2 heterocycles. The molecule has 0 aliphatic carbocycles. The lowest BCUT2D eigenvalue weighted by atomic mass is 10.3. The first-order chi connectivity index (χ1) is 10.2. The molecule has 0 radical (unpaired) electrons. The van der Waals surface area contributed by atoms with Crippen molar-refractivity contribution in [3.63, 3.8) is 0 Å². The van der Waals surface area contributed by atoms with Crippen LogP contribution in [0.15, 0.2) is 30.3 Å². The number of fused-ring (bicyclic) bond motifs is 1. The Bertz CT molecular complexity index is 767. The summed E-state index contributed by atoms with van der Waals surface area (Å²) in [5.74, 6) is 1.42. The highest BCUT2D eigenvalue weighted by atomic mass is 35.5. The second kappa shape index (κ2) is 5.87. The number of rotatable bonds is 4. The molecule has 0 atom stereocenters. The number of aryl methyl sites for hydroxylation is 1. The number of hydrogen-bond donors (Lipinski definition) is 2. The summed E-state index contributed by atoms with van der Waals surface area (Å²) in [4.78, 5) is 11.3. The van der Waals surface area contributed by atoms with Crippen molar-refractivity contribution in [2.45, 2.75) is 13.3 Å². The van der Waals surface area contributed by atoms with E-state index in [0.29, 0.717) is 11.0 Å². The summed E-state index contributed by atoms with van der Waals surface area (Å²) >= 11 is 7.62. The highest BCUT2D eigenvalue weighted by Gasteiger charge is 2.11. The van der Waals surface area contributed by atoms with Crippen LogP contribution >= 0.6 is 22.9 Å². The fourth-order valence-corrected chi connectivity index (χ4v) is 3.12. The molecule has 0 fully saturated rings. The summed E-state index contributed by atoms with van der Waals surface area (Å²) < 4.78 is 0. The van der Waals surface area contributed by atoms with Gasteiger partial charge in [0.15, 0.2) is 0 Å². The van der Waals surface area contributed by atoms with E-state index < -0.39 is 0 Å². The van der Waals surface area contributed by atoms with Crippen LogP contribution in [0.5, 0.6) is 0 Å². The van der Waals surface area contributed by atoms with Gasteiger partial charge in [-0.15, -0.1) is 11.3 Å². The molecule has 0 aliphatic heterocycles. The Kier molecular flexibility index (Phi) is 3.94. The largest absolute Gasteiger partial charge is 0.357 e. The SMILES string of the molecule is CCc1cc2c(Nc3ccc(Cl)cc3)nc(NC)nc2s1. The van der Waals surface area contributed by atoms with Crippen molar-refractivity contribution in [3.05, 3.63) is 40.2 Å². The third kappa shape index (κ3) is 2.94. The number of nitrogens with zero attached hydrogens (tertiary/aromatic N) is 2. The first-order valence-corrected chi connectivity index (χ1v) is 7.90. The molecule has 108 valence electrons. The van der Waals surface area contributed by atoms with Crippen LogP contribution in [-0.4, -0.2) is 17.0 Å². The third-order valence-electron chi connectivity index (χ3n) is 3.12. The van der Waals surface area contributed by atoms with Gasteiger partial charge in [0, 0.05) is 22.6 Å². The summed E-state index contributed by atoms with van der Waals surface area (Å²) in [5.41, 5.74) is 0.950. The lowest BCUT2D eigenvalue weighted by Crippen LogP contribution is -2.00. The minimum absolute atomic E-state index is 0.614. The van der Waals surface area contributed by atoms with Crippen molar-refractivity contribution in [1.82, 2.24) is 9.97 Å². The van der Waals surface area contributed by atoms with Crippen molar-refractivity contribution in [1.29, 1.82) is 0 Å². The molecule has 0 bridgehead atoms. The minimum atomic E-state index is 0.614. The van der Waals surface area contributed by atoms with Gasteiger partial charge >= 0.3 is 0 Å². The molecule has 0 aliphatic rings. The number of aromatic nitrogens is 2. The molecule has 3 aromatic rings. The maximum atomic E-state index is 5.92. The third-order valence-corrected chi connectivity index (χ3v) is 4.55. The lowest BCUT2D eigenvalue weighted by Gasteiger charge is -2.08. The first-order valence-electron chi connectivity index (χ1n) is 6.70. The average Bonchev–Trinajstić information content (AvgIpc) is 2.92. The summed E-state index contributed by atoms with van der Waals surface area (Å²) in [5, 5.41) is 8.11. The second-order valence-electron chi connectivity index (χ2n) is 4.56. The molecule has 0 saturated carbocycles. The molecular formula is C15H15ClN4S. The van der Waals surface area contributed by atoms with Crippen molar-refractivity contribution >= 4 is 50.6 Å². The molecule has 2 aromatic heterocycles. The van der Waals surface area contributed by atoms with Crippen LogP contribution in [0.3, 0.4) is 0 Å². The van der Waals surface area contributed by atoms with Crippen molar-refractivity contribution in [2.24, 2.45) is 0 Å². The highest BCUT2D eigenvalue weighted by molar-refractivity contribution is 7.18. The Morgan fingerprint density at radius 1 is 1.19 bits per heavy atom. The molecule has 6 heteroatoms. The smallest absolute Gasteiger partial charge is 0.225 e. The molecule has 0 spiro atoms.